The van der Waals surface area contributed by atoms with Gasteiger partial charge in [0.25, 0.3) is 0 Å². The predicted molar refractivity (Wildman–Crippen MR) is 72.6 cm³/mol. The molecule has 1 aliphatic carbocycles. The van der Waals surface area contributed by atoms with Gasteiger partial charge in [0.1, 0.15) is 5.82 Å². The van der Waals surface area contributed by atoms with Crippen LogP contribution in [0.4, 0.5) is 4.39 Å². The summed E-state index contributed by atoms with van der Waals surface area (Å²) < 4.78 is 13.7. The van der Waals surface area contributed by atoms with Crippen LogP contribution in [0.1, 0.15) is 31.2 Å². The smallest absolute Gasteiger partial charge is 0.137 e. The van der Waals surface area contributed by atoms with E-state index < -0.39 is 0 Å². The molecule has 1 aromatic rings. The van der Waals surface area contributed by atoms with Crippen molar-refractivity contribution in [1.82, 2.24) is 5.32 Å². The first-order valence-electron chi connectivity index (χ1n) is 6.32. The number of benzene rings is 1. The highest BCUT2D eigenvalue weighted by molar-refractivity contribution is 9.10. The molecule has 0 heterocycles. The van der Waals surface area contributed by atoms with Crippen molar-refractivity contribution in [3.05, 3.63) is 34.1 Å². The Kier molecular flexibility index (Phi) is 4.57. The minimum atomic E-state index is -0.178. The maximum Gasteiger partial charge on any atom is 0.137 e. The lowest BCUT2D eigenvalue weighted by molar-refractivity contribution is 0.272. The molecule has 1 aliphatic rings. The number of rotatable bonds is 3. The van der Waals surface area contributed by atoms with Gasteiger partial charge in [0.15, 0.2) is 0 Å². The molecule has 2 rings (SSSR count). The summed E-state index contributed by atoms with van der Waals surface area (Å²) in [4.78, 5) is 0. The Morgan fingerprint density at radius 2 is 2.12 bits per heavy atom. The van der Waals surface area contributed by atoms with Crippen LogP contribution >= 0.6 is 15.9 Å². The number of hydrogen-bond donors (Lipinski definition) is 1. The number of hydrogen-bond acceptors (Lipinski definition) is 1. The van der Waals surface area contributed by atoms with Crippen molar-refractivity contribution >= 4 is 15.9 Å². The zero-order valence-corrected chi connectivity index (χ0v) is 11.8. The van der Waals surface area contributed by atoms with Crippen LogP contribution in [-0.2, 0) is 6.42 Å². The van der Waals surface area contributed by atoms with E-state index >= 15 is 0 Å². The molecule has 0 radical (unpaired) electrons. The number of nitrogens with one attached hydrogen (secondary N) is 1. The number of halogens is 2. The summed E-state index contributed by atoms with van der Waals surface area (Å²) >= 11 is 3.25. The lowest BCUT2D eigenvalue weighted by Crippen LogP contribution is -2.37. The third-order valence-corrected chi connectivity index (χ3v) is 4.37. The molecule has 94 valence electrons. The van der Waals surface area contributed by atoms with Gasteiger partial charge in [-0.05, 0) is 65.9 Å². The fourth-order valence-electron chi connectivity index (χ4n) is 2.80. The van der Waals surface area contributed by atoms with Crippen LogP contribution in [0.5, 0.6) is 0 Å². The standard InChI is InChI=1S/C14H19BrFN/c1-17-14-5-3-2-4-11(14)8-10-6-7-13(16)12(15)9-10/h6-7,9,11,14,17H,2-5,8H2,1H3. The molecule has 1 aromatic carbocycles. The molecule has 0 amide bonds. The molecular weight excluding hydrogens is 281 g/mol. The van der Waals surface area contributed by atoms with Crippen LogP contribution < -0.4 is 5.32 Å². The van der Waals surface area contributed by atoms with Crippen LogP contribution in [0.15, 0.2) is 22.7 Å². The molecular formula is C14H19BrFN. The van der Waals surface area contributed by atoms with E-state index in [0.717, 1.165) is 6.42 Å². The van der Waals surface area contributed by atoms with E-state index in [1.807, 2.05) is 19.2 Å². The van der Waals surface area contributed by atoms with Gasteiger partial charge in [0.2, 0.25) is 0 Å². The lowest BCUT2D eigenvalue weighted by Gasteiger charge is -2.31. The summed E-state index contributed by atoms with van der Waals surface area (Å²) in [5.41, 5.74) is 1.23. The Bertz CT molecular complexity index is 380. The Balaban J connectivity index is 2.05. The summed E-state index contributed by atoms with van der Waals surface area (Å²) in [7, 11) is 2.05. The van der Waals surface area contributed by atoms with Gasteiger partial charge in [-0.25, -0.2) is 4.39 Å². The second kappa shape index (κ2) is 5.96. The van der Waals surface area contributed by atoms with Crippen LogP contribution in [0.3, 0.4) is 0 Å². The minimum Gasteiger partial charge on any atom is -0.317 e. The highest BCUT2D eigenvalue weighted by atomic mass is 79.9. The van der Waals surface area contributed by atoms with E-state index in [1.165, 1.54) is 31.2 Å². The maximum absolute atomic E-state index is 13.2. The Morgan fingerprint density at radius 1 is 1.35 bits per heavy atom. The molecule has 2 atom stereocenters. The molecule has 1 N–H and O–H groups in total. The van der Waals surface area contributed by atoms with Crippen molar-refractivity contribution in [2.24, 2.45) is 5.92 Å². The van der Waals surface area contributed by atoms with Gasteiger partial charge in [-0.2, -0.15) is 0 Å². The topological polar surface area (TPSA) is 12.0 Å². The van der Waals surface area contributed by atoms with Crippen LogP contribution in [0, 0.1) is 11.7 Å². The fraction of sp³-hybridized carbons (Fsp3) is 0.571. The summed E-state index contributed by atoms with van der Waals surface area (Å²) in [6.45, 7) is 0. The first-order chi connectivity index (χ1) is 8.20. The van der Waals surface area contributed by atoms with Crippen molar-refractivity contribution in [2.75, 3.05) is 7.05 Å². The zero-order valence-electron chi connectivity index (χ0n) is 10.2. The molecule has 1 saturated carbocycles. The van der Waals surface area contributed by atoms with Crippen LogP contribution in [-0.4, -0.2) is 13.1 Å². The van der Waals surface area contributed by atoms with E-state index in [-0.39, 0.29) is 5.82 Å². The monoisotopic (exact) mass is 299 g/mol. The second-order valence-electron chi connectivity index (χ2n) is 4.89. The van der Waals surface area contributed by atoms with Crippen LogP contribution in [0.2, 0.25) is 0 Å². The van der Waals surface area contributed by atoms with Crippen molar-refractivity contribution in [3.8, 4) is 0 Å². The van der Waals surface area contributed by atoms with Gasteiger partial charge in [-0.1, -0.05) is 18.9 Å². The Labute approximate surface area is 111 Å². The molecule has 2 unspecified atom stereocenters. The molecule has 0 aliphatic heterocycles. The van der Waals surface area contributed by atoms with Crippen LogP contribution in [0.25, 0.3) is 0 Å². The second-order valence-corrected chi connectivity index (χ2v) is 5.75. The van der Waals surface area contributed by atoms with Gasteiger partial charge in [-0.15, -0.1) is 0 Å². The van der Waals surface area contributed by atoms with Crippen molar-refractivity contribution in [1.29, 1.82) is 0 Å². The quantitative estimate of drug-likeness (QED) is 0.892. The van der Waals surface area contributed by atoms with Crippen molar-refractivity contribution < 1.29 is 4.39 Å². The summed E-state index contributed by atoms with van der Waals surface area (Å²) in [5, 5.41) is 3.41. The molecule has 3 heteroatoms. The van der Waals surface area contributed by atoms with Gasteiger partial charge < -0.3 is 5.32 Å². The normalized spacial score (nSPS) is 24.9. The fourth-order valence-corrected chi connectivity index (χ4v) is 3.23. The van der Waals surface area contributed by atoms with E-state index in [1.54, 1.807) is 6.07 Å². The lowest BCUT2D eigenvalue weighted by atomic mass is 9.81. The van der Waals surface area contributed by atoms with E-state index in [2.05, 4.69) is 21.2 Å². The molecule has 0 saturated heterocycles. The maximum atomic E-state index is 13.2. The first kappa shape index (κ1) is 13.0. The third-order valence-electron chi connectivity index (χ3n) is 3.76. The average Bonchev–Trinajstić information content (AvgIpc) is 2.34. The minimum absolute atomic E-state index is 0.178. The molecule has 17 heavy (non-hydrogen) atoms. The van der Waals surface area contributed by atoms with Crippen molar-refractivity contribution in [2.45, 2.75) is 38.1 Å². The first-order valence-corrected chi connectivity index (χ1v) is 7.11. The highest BCUT2D eigenvalue weighted by Gasteiger charge is 2.23. The van der Waals surface area contributed by atoms with Crippen molar-refractivity contribution in [3.63, 3.8) is 0 Å². The van der Waals surface area contributed by atoms with Gasteiger partial charge in [-0.3, -0.25) is 0 Å². The van der Waals surface area contributed by atoms with E-state index in [0.29, 0.717) is 16.4 Å². The average molecular weight is 300 g/mol. The third kappa shape index (κ3) is 3.29. The van der Waals surface area contributed by atoms with Gasteiger partial charge in [0.05, 0.1) is 4.47 Å². The molecule has 0 spiro atoms. The van der Waals surface area contributed by atoms with Gasteiger partial charge >= 0.3 is 0 Å². The Morgan fingerprint density at radius 3 is 2.82 bits per heavy atom. The largest absolute Gasteiger partial charge is 0.317 e. The molecule has 1 fully saturated rings. The molecule has 1 nitrogen and oxygen atoms in total. The molecule has 0 bridgehead atoms. The SMILES string of the molecule is CNC1CCCCC1Cc1ccc(F)c(Br)c1. The zero-order chi connectivity index (χ0) is 12.3. The van der Waals surface area contributed by atoms with E-state index in [9.17, 15) is 4.39 Å². The summed E-state index contributed by atoms with van der Waals surface area (Å²) in [5.74, 6) is 0.508. The molecule has 0 aromatic heterocycles. The summed E-state index contributed by atoms with van der Waals surface area (Å²) in [6, 6.07) is 5.99. The highest BCUT2D eigenvalue weighted by Crippen LogP contribution is 2.28. The predicted octanol–water partition coefficient (Wildman–Crippen LogP) is 3.91. The summed E-state index contributed by atoms with van der Waals surface area (Å²) in [6.07, 6.45) is 6.24. The van der Waals surface area contributed by atoms with Gasteiger partial charge in [0, 0.05) is 6.04 Å². The van der Waals surface area contributed by atoms with E-state index in [4.69, 9.17) is 0 Å². The Hall–Kier alpha value is -0.410.